The maximum Gasteiger partial charge on any atom is 3.00 e. The fourth-order valence-electron chi connectivity index (χ4n) is 1.11. The summed E-state index contributed by atoms with van der Waals surface area (Å²) >= 11 is 0. The van der Waals surface area contributed by atoms with E-state index in [1.165, 1.54) is 16.7 Å². The smallest absolute Gasteiger partial charge is 0.358 e. The monoisotopic (exact) mass is 247 g/mol. The Morgan fingerprint density at radius 2 is 1.25 bits per heavy atom. The number of rotatable bonds is 0. The zero-order valence-corrected chi connectivity index (χ0v) is 10.6. The largest absolute Gasteiger partial charge is 3.00 e. The average molecular weight is 245 g/mol. The molecule has 0 spiro atoms. The third-order valence-corrected chi connectivity index (χ3v) is 1.28. The van der Waals surface area contributed by atoms with E-state index < -0.39 is 0 Å². The van der Waals surface area contributed by atoms with Gasteiger partial charge in [0.25, 0.3) is 0 Å². The molecule has 0 bridgehead atoms. The molecule has 67 valence electrons. The maximum atomic E-state index is 3.21. The van der Waals surface area contributed by atoms with Gasteiger partial charge in [-0.2, -0.15) is 34.9 Å². The molecule has 0 heterocycles. The van der Waals surface area contributed by atoms with Gasteiger partial charge in [0.1, 0.15) is 0 Å². The molecule has 0 fully saturated rings. The number of benzene rings is 1. The Morgan fingerprint density at radius 3 is 1.50 bits per heavy atom. The molecule has 0 atom stereocenters. The van der Waals surface area contributed by atoms with Gasteiger partial charge in [0, 0.05) is 0 Å². The summed E-state index contributed by atoms with van der Waals surface area (Å²) in [4.78, 5) is 0. The first-order chi connectivity index (χ1) is 4.18. The molecule has 0 amide bonds. The zero-order chi connectivity index (χ0) is 6.85. The van der Waals surface area contributed by atoms with E-state index in [4.69, 9.17) is 0 Å². The van der Waals surface area contributed by atoms with Gasteiger partial charge in [0.2, 0.25) is 0 Å². The Bertz CT molecular complexity index is 166. The van der Waals surface area contributed by atoms with Gasteiger partial charge in [-0.15, -0.1) is 0 Å². The van der Waals surface area contributed by atoms with Crippen molar-refractivity contribution in [2.24, 2.45) is 0 Å². The van der Waals surface area contributed by atoms with Crippen LogP contribution in [0.2, 0.25) is 0 Å². The fourth-order valence-corrected chi connectivity index (χ4v) is 1.11. The zero-order valence-electron chi connectivity index (χ0n) is 8.56. The molecule has 0 aliphatic heterocycles. The number of aryl methyl sites for hydroxylation is 3. The van der Waals surface area contributed by atoms with E-state index in [0.29, 0.717) is 0 Å². The van der Waals surface area contributed by atoms with E-state index >= 15 is 0 Å². The van der Waals surface area contributed by atoms with Crippen molar-refractivity contribution in [3.05, 3.63) is 49.7 Å². The summed E-state index contributed by atoms with van der Waals surface area (Å²) in [5.74, 6) is 0. The molecule has 12 heavy (non-hydrogen) atoms. The quantitative estimate of drug-likeness (QED) is 0.486. The maximum absolute atomic E-state index is 3.21. The minimum atomic E-state index is 0. The van der Waals surface area contributed by atoms with Crippen LogP contribution in [0.15, 0.2) is 12.1 Å². The molecule has 0 N–H and O–H groups in total. The normalized spacial score (nSPS) is 7.25. The molecule has 0 nitrogen and oxygen atoms in total. The van der Waals surface area contributed by atoms with Gasteiger partial charge < -0.3 is 14.9 Å². The van der Waals surface area contributed by atoms with Crippen LogP contribution in [0.3, 0.4) is 0 Å². The molecule has 0 saturated carbocycles. The van der Waals surface area contributed by atoms with Gasteiger partial charge in [-0.05, 0) is 0 Å². The molecule has 0 saturated heterocycles. The molecule has 1 heteroatoms. The van der Waals surface area contributed by atoms with Crippen molar-refractivity contribution < 1.29 is 21.1 Å². The first kappa shape index (κ1) is 17.9. The summed E-state index contributed by atoms with van der Waals surface area (Å²) in [5, 5.41) is 0. The van der Waals surface area contributed by atoms with Gasteiger partial charge in [-0.3, -0.25) is 0 Å². The van der Waals surface area contributed by atoms with Crippen molar-refractivity contribution in [3.8, 4) is 0 Å². The predicted molar refractivity (Wildman–Crippen MR) is 52.3 cm³/mol. The minimum Gasteiger partial charge on any atom is -0.358 e. The molecule has 1 aromatic rings. The Morgan fingerprint density at radius 1 is 0.917 bits per heavy atom. The van der Waals surface area contributed by atoms with E-state index in [9.17, 15) is 0 Å². The Labute approximate surface area is 91.7 Å². The summed E-state index contributed by atoms with van der Waals surface area (Å²) in [5.41, 5.74) is 3.78. The van der Waals surface area contributed by atoms with Gasteiger partial charge in [-0.25, -0.2) is 0 Å². The molecular weight excluding hydrogens is 228 g/mol. The van der Waals surface area contributed by atoms with Gasteiger partial charge >= 0.3 is 21.1 Å². The van der Waals surface area contributed by atoms with Crippen molar-refractivity contribution in [2.45, 2.75) is 20.8 Å². The van der Waals surface area contributed by atoms with E-state index in [-0.39, 0.29) is 35.9 Å². The average Bonchev–Trinajstić information content (AvgIpc) is 1.59. The summed E-state index contributed by atoms with van der Waals surface area (Å²) in [6.07, 6.45) is 0. The molecule has 0 aromatic heterocycles. The van der Waals surface area contributed by atoms with Crippen LogP contribution in [0.5, 0.6) is 0 Å². The van der Waals surface area contributed by atoms with Crippen LogP contribution < -0.4 is 0 Å². The summed E-state index contributed by atoms with van der Waals surface area (Å²) in [7, 11) is 0. The van der Waals surface area contributed by atoms with Crippen molar-refractivity contribution in [2.75, 3.05) is 0 Å². The number of hydrogen-bond donors (Lipinski definition) is 0. The molecule has 1 rings (SSSR count). The molecular formula is C11H17Mo. The van der Waals surface area contributed by atoms with Crippen molar-refractivity contribution >= 4 is 0 Å². The molecule has 1 radical (unpaired) electrons. The summed E-state index contributed by atoms with van der Waals surface area (Å²) < 4.78 is 0. The Hall–Kier alpha value is -0.0917. The predicted octanol–water partition coefficient (Wildman–Crippen LogP) is 3.31. The Balaban J connectivity index is -0.000000270. The van der Waals surface area contributed by atoms with E-state index in [2.05, 4.69) is 39.0 Å². The van der Waals surface area contributed by atoms with Gasteiger partial charge in [0.15, 0.2) is 0 Å². The SMILES string of the molecule is Cc1[c-]c(C)cc(C)c1.[CH3-].[CH3-].[Mo+3]. The molecule has 0 aliphatic rings. The fraction of sp³-hybridized carbons (Fsp3) is 0.273. The first-order valence-electron chi connectivity index (χ1n) is 3.15. The van der Waals surface area contributed by atoms with Crippen LogP contribution in [-0.4, -0.2) is 0 Å². The standard InChI is InChI=1S/C9H11.2CH3.Mo/c1-7-4-8(2)6-9(3)5-7;;;/h4-5H,1-3H3;2*1H3;/q3*-1;+3. The van der Waals surface area contributed by atoms with Crippen LogP contribution in [0, 0.1) is 41.7 Å². The molecule has 0 aliphatic carbocycles. The van der Waals surface area contributed by atoms with E-state index in [0.717, 1.165) is 0 Å². The second-order valence-electron chi connectivity index (χ2n) is 2.52. The second-order valence-corrected chi connectivity index (χ2v) is 2.52. The van der Waals surface area contributed by atoms with Crippen LogP contribution in [0.4, 0.5) is 0 Å². The van der Waals surface area contributed by atoms with E-state index in [1.807, 2.05) is 0 Å². The molecule has 1 aromatic carbocycles. The summed E-state index contributed by atoms with van der Waals surface area (Å²) in [6, 6.07) is 7.47. The van der Waals surface area contributed by atoms with Crippen LogP contribution >= 0.6 is 0 Å². The second kappa shape index (κ2) is 7.55. The summed E-state index contributed by atoms with van der Waals surface area (Å²) in [6.45, 7) is 6.24. The van der Waals surface area contributed by atoms with Crippen LogP contribution in [-0.2, 0) is 21.1 Å². The van der Waals surface area contributed by atoms with Crippen molar-refractivity contribution in [1.82, 2.24) is 0 Å². The van der Waals surface area contributed by atoms with Gasteiger partial charge in [-0.1, -0.05) is 20.8 Å². The Kier molecular flexibility index (Phi) is 11.2. The third kappa shape index (κ3) is 5.54. The topological polar surface area (TPSA) is 0 Å². The minimum absolute atomic E-state index is 0. The number of hydrogen-bond acceptors (Lipinski definition) is 0. The van der Waals surface area contributed by atoms with E-state index in [1.54, 1.807) is 0 Å². The van der Waals surface area contributed by atoms with Gasteiger partial charge in [0.05, 0.1) is 0 Å². The molecule has 0 unspecified atom stereocenters. The van der Waals surface area contributed by atoms with Crippen LogP contribution in [0.1, 0.15) is 16.7 Å². The first-order valence-corrected chi connectivity index (χ1v) is 3.15. The third-order valence-electron chi connectivity index (χ3n) is 1.28. The van der Waals surface area contributed by atoms with Crippen molar-refractivity contribution in [1.29, 1.82) is 0 Å². The van der Waals surface area contributed by atoms with Crippen molar-refractivity contribution in [3.63, 3.8) is 0 Å². The van der Waals surface area contributed by atoms with Crippen LogP contribution in [0.25, 0.3) is 0 Å².